The van der Waals surface area contributed by atoms with Crippen molar-refractivity contribution in [2.45, 2.75) is 97.1 Å². The lowest BCUT2D eigenvalue weighted by atomic mass is 9.86. The van der Waals surface area contributed by atoms with Crippen LogP contribution in [-0.2, 0) is 5.67 Å². The lowest BCUT2D eigenvalue weighted by Crippen LogP contribution is -2.50. The van der Waals surface area contributed by atoms with Crippen molar-refractivity contribution >= 4 is 11.4 Å². The second-order valence-corrected chi connectivity index (χ2v) is 10.9. The second kappa shape index (κ2) is 13.6. The van der Waals surface area contributed by atoms with Crippen LogP contribution in [-0.4, -0.2) is 12.4 Å². The Morgan fingerprint density at radius 2 is 1.00 bits per heavy atom. The van der Waals surface area contributed by atoms with Gasteiger partial charge in [0.15, 0.2) is 0 Å². The van der Waals surface area contributed by atoms with Gasteiger partial charge in [0.2, 0.25) is 0 Å². The van der Waals surface area contributed by atoms with Crippen LogP contribution >= 0.6 is 0 Å². The number of nitrogen functional groups attached to an aromatic ring is 2. The average molecular weight is 551 g/mol. The molecule has 0 radical (unpaired) electrons. The average Bonchev–Trinajstić information content (AvgIpc) is 2.80. The van der Waals surface area contributed by atoms with Crippen molar-refractivity contribution in [3.8, 4) is 0 Å². The normalized spacial score (nSPS) is 14.3. The first kappa shape index (κ1) is 33.6. The van der Waals surface area contributed by atoms with Crippen LogP contribution in [0.15, 0.2) is 42.5 Å². The smallest absolute Gasteiger partial charge is 0.398 e. The number of hydrogen-bond acceptors (Lipinski definition) is 2. The van der Waals surface area contributed by atoms with Crippen molar-refractivity contribution in [1.29, 1.82) is 0 Å². The molecule has 4 N–H and O–H groups in total. The Bertz CT molecular complexity index is 983. The van der Waals surface area contributed by atoms with Gasteiger partial charge in [0, 0.05) is 16.9 Å². The molecular formula is C29H41F7N2. The van der Waals surface area contributed by atoms with Crippen molar-refractivity contribution < 1.29 is 30.7 Å². The number of hydrogen-bond donors (Lipinski definition) is 2. The van der Waals surface area contributed by atoms with Gasteiger partial charge in [0.05, 0.1) is 0 Å². The molecule has 2 nitrogen and oxygen atoms in total. The van der Waals surface area contributed by atoms with E-state index < -0.39 is 29.5 Å². The minimum absolute atomic E-state index is 0.0432. The van der Waals surface area contributed by atoms with Gasteiger partial charge in [-0.3, -0.25) is 0 Å². The van der Waals surface area contributed by atoms with E-state index in [1.54, 1.807) is 6.92 Å². The summed E-state index contributed by atoms with van der Waals surface area (Å²) in [4.78, 5) is 0. The standard InChI is InChI=1S/C16H20F7N.C13H21N/c1-9(2)4-5-10(3)12-8-11(6-7-13(12)24)14(17,15(18,19)20)16(21,22)23;1-10(2)8-9-11(3)12-6-4-5-7-13(12)14/h6-10H,4-5,24H2,1-3H3;4-7,10-11H,8-9,14H2,1-3H3. The van der Waals surface area contributed by atoms with Crippen LogP contribution in [0.2, 0.25) is 0 Å². The Morgan fingerprint density at radius 1 is 0.579 bits per heavy atom. The summed E-state index contributed by atoms with van der Waals surface area (Å²) < 4.78 is 91.2. The second-order valence-electron chi connectivity index (χ2n) is 10.9. The minimum Gasteiger partial charge on any atom is -0.398 e. The van der Waals surface area contributed by atoms with Gasteiger partial charge >= 0.3 is 18.0 Å². The molecule has 0 aromatic heterocycles. The monoisotopic (exact) mass is 550 g/mol. The van der Waals surface area contributed by atoms with Crippen molar-refractivity contribution in [1.82, 2.24) is 0 Å². The third-order valence-corrected chi connectivity index (χ3v) is 6.68. The Morgan fingerprint density at radius 3 is 1.42 bits per heavy atom. The molecule has 2 unspecified atom stereocenters. The number of benzene rings is 2. The van der Waals surface area contributed by atoms with Gasteiger partial charge in [-0.15, -0.1) is 0 Å². The fourth-order valence-corrected chi connectivity index (χ4v) is 4.14. The number of halogens is 7. The van der Waals surface area contributed by atoms with Gasteiger partial charge in [-0.25, -0.2) is 4.39 Å². The van der Waals surface area contributed by atoms with Crippen LogP contribution in [0.25, 0.3) is 0 Å². The minimum atomic E-state index is -6.13. The topological polar surface area (TPSA) is 52.0 Å². The molecule has 2 aromatic carbocycles. The summed E-state index contributed by atoms with van der Waals surface area (Å²) in [6.07, 6.45) is -8.52. The highest BCUT2D eigenvalue weighted by molar-refractivity contribution is 5.52. The molecule has 0 bridgehead atoms. The third-order valence-electron chi connectivity index (χ3n) is 6.68. The molecule has 216 valence electrons. The quantitative estimate of drug-likeness (QED) is 0.241. The van der Waals surface area contributed by atoms with Crippen LogP contribution in [0, 0.1) is 11.8 Å². The number of alkyl halides is 7. The van der Waals surface area contributed by atoms with Crippen molar-refractivity contribution in [2.24, 2.45) is 11.8 Å². The summed E-state index contributed by atoms with van der Waals surface area (Å²) in [5, 5.41) is 0. The lowest BCUT2D eigenvalue weighted by Gasteiger charge is -2.31. The Hall–Kier alpha value is -2.45. The van der Waals surface area contributed by atoms with Crippen molar-refractivity contribution in [3.05, 3.63) is 59.2 Å². The predicted molar refractivity (Wildman–Crippen MR) is 142 cm³/mol. The van der Waals surface area contributed by atoms with E-state index in [2.05, 4.69) is 32.9 Å². The molecule has 0 heterocycles. The molecule has 0 aliphatic heterocycles. The number of rotatable bonds is 9. The Kier molecular flexibility index (Phi) is 12.0. The zero-order valence-electron chi connectivity index (χ0n) is 23.0. The molecule has 2 aromatic rings. The zero-order chi connectivity index (χ0) is 29.5. The fourth-order valence-electron chi connectivity index (χ4n) is 4.14. The van der Waals surface area contributed by atoms with Gasteiger partial charge in [-0.1, -0.05) is 78.6 Å². The van der Waals surface area contributed by atoms with Crippen LogP contribution in [0.4, 0.5) is 42.1 Å². The summed E-state index contributed by atoms with van der Waals surface area (Å²) in [6, 6.07) is 10.1. The van der Waals surface area contributed by atoms with Gasteiger partial charge in [-0.05, 0) is 65.8 Å². The predicted octanol–water partition coefficient (Wildman–Crippen LogP) is 9.91. The molecule has 0 spiro atoms. The van der Waals surface area contributed by atoms with Crippen LogP contribution in [0.5, 0.6) is 0 Å². The molecule has 2 rings (SSSR count). The zero-order valence-corrected chi connectivity index (χ0v) is 23.0. The fraction of sp³-hybridized carbons (Fsp3) is 0.586. The Labute approximate surface area is 222 Å². The highest BCUT2D eigenvalue weighted by Gasteiger charge is 2.73. The molecular weight excluding hydrogens is 509 g/mol. The largest absolute Gasteiger partial charge is 0.435 e. The van der Waals surface area contributed by atoms with E-state index in [4.69, 9.17) is 11.5 Å². The molecule has 0 saturated heterocycles. The summed E-state index contributed by atoms with van der Waals surface area (Å²) in [5.74, 6) is 1.28. The first-order valence-electron chi connectivity index (χ1n) is 12.9. The summed E-state index contributed by atoms with van der Waals surface area (Å²) in [5.41, 5.74) is 7.04. The highest BCUT2D eigenvalue weighted by Crippen LogP contribution is 2.53. The van der Waals surface area contributed by atoms with Gasteiger partial charge in [0.25, 0.3) is 0 Å². The molecule has 0 amide bonds. The number of para-hydroxylation sites is 1. The van der Waals surface area contributed by atoms with E-state index in [-0.39, 0.29) is 11.3 Å². The first-order chi connectivity index (χ1) is 17.3. The van der Waals surface area contributed by atoms with E-state index in [0.717, 1.165) is 17.7 Å². The molecule has 0 aliphatic carbocycles. The van der Waals surface area contributed by atoms with E-state index in [1.807, 2.05) is 26.0 Å². The maximum absolute atomic E-state index is 14.1. The SMILES string of the molecule is CC(C)CCC(C)c1cc(C(F)(C(F)(F)F)C(F)(F)F)ccc1N.CC(C)CCC(C)c1ccccc1N. The summed E-state index contributed by atoms with van der Waals surface area (Å²) in [7, 11) is 0. The molecule has 38 heavy (non-hydrogen) atoms. The van der Waals surface area contributed by atoms with E-state index in [9.17, 15) is 30.7 Å². The number of nitrogens with two attached hydrogens (primary N) is 2. The maximum atomic E-state index is 14.1. The van der Waals surface area contributed by atoms with Crippen LogP contribution in [0.3, 0.4) is 0 Å². The summed E-state index contributed by atoms with van der Waals surface area (Å²) in [6.45, 7) is 12.3. The molecule has 0 fully saturated rings. The molecule has 9 heteroatoms. The maximum Gasteiger partial charge on any atom is 0.435 e. The first-order valence-corrected chi connectivity index (χ1v) is 12.9. The molecule has 0 aliphatic rings. The van der Waals surface area contributed by atoms with E-state index in [0.29, 0.717) is 36.8 Å². The van der Waals surface area contributed by atoms with Crippen molar-refractivity contribution in [2.75, 3.05) is 11.5 Å². The van der Waals surface area contributed by atoms with Crippen molar-refractivity contribution in [3.63, 3.8) is 0 Å². The molecule has 2 atom stereocenters. The Balaban J connectivity index is 0.000000437. The number of anilines is 2. The van der Waals surface area contributed by atoms with E-state index in [1.165, 1.54) is 18.4 Å². The van der Waals surface area contributed by atoms with Gasteiger partial charge < -0.3 is 11.5 Å². The van der Waals surface area contributed by atoms with Gasteiger partial charge in [0.1, 0.15) is 0 Å². The van der Waals surface area contributed by atoms with E-state index >= 15 is 0 Å². The third kappa shape index (κ3) is 8.80. The van der Waals surface area contributed by atoms with Gasteiger partial charge in [-0.2, -0.15) is 26.3 Å². The summed E-state index contributed by atoms with van der Waals surface area (Å²) >= 11 is 0. The molecule has 0 saturated carbocycles. The van der Waals surface area contributed by atoms with Crippen LogP contribution < -0.4 is 11.5 Å². The highest BCUT2D eigenvalue weighted by atomic mass is 19.4. The van der Waals surface area contributed by atoms with Crippen LogP contribution in [0.1, 0.15) is 95.8 Å². The lowest BCUT2D eigenvalue weighted by molar-refractivity contribution is -0.348.